The summed E-state index contributed by atoms with van der Waals surface area (Å²) in [7, 11) is 0. The Morgan fingerprint density at radius 3 is 2.86 bits per heavy atom. The lowest BCUT2D eigenvalue weighted by molar-refractivity contribution is 0.137. The number of aromatic amines is 1. The normalized spacial score (nSPS) is 19.8. The highest BCUT2D eigenvalue weighted by molar-refractivity contribution is 5.85. The highest BCUT2D eigenvalue weighted by Gasteiger charge is 2.20. The van der Waals surface area contributed by atoms with Crippen LogP contribution in [0.3, 0.4) is 0 Å². The molecule has 0 atom stereocenters. The lowest BCUT2D eigenvalue weighted by Crippen LogP contribution is -2.23. The lowest BCUT2D eigenvalue weighted by Gasteiger charge is -2.27. The quantitative estimate of drug-likeness (QED) is 0.514. The van der Waals surface area contributed by atoms with Crippen molar-refractivity contribution in [3.8, 4) is 5.75 Å². The molecule has 0 unspecified atom stereocenters. The Labute approximate surface area is 163 Å². The minimum Gasteiger partial charge on any atom is -0.488 e. The number of aromatic nitrogens is 4. The fourth-order valence-electron chi connectivity index (χ4n) is 3.85. The first-order chi connectivity index (χ1) is 13.7. The predicted molar refractivity (Wildman–Crippen MR) is 111 cm³/mol. The fourth-order valence-corrected chi connectivity index (χ4v) is 3.85. The summed E-state index contributed by atoms with van der Waals surface area (Å²) in [5, 5.41) is 4.27. The van der Waals surface area contributed by atoms with Gasteiger partial charge in [-0.2, -0.15) is 0 Å². The standard InChI is InChI=1S/C22H23N5O/c1-14-5-8-17(9-6-14)28-20-4-2-3-15-12-23-22(27-21(15)20)26-16-7-10-18-19(11-16)25-13-24-18/h2-4,7,10-14,17H,5-6,8-9H2,1H3,(H,24,25)(H,23,26,27). The Morgan fingerprint density at radius 1 is 1.07 bits per heavy atom. The molecule has 28 heavy (non-hydrogen) atoms. The van der Waals surface area contributed by atoms with Crippen molar-refractivity contribution < 1.29 is 4.74 Å². The Bertz CT molecular complexity index is 1110. The van der Waals surface area contributed by atoms with Gasteiger partial charge in [-0.3, -0.25) is 0 Å². The molecular formula is C22H23N5O. The van der Waals surface area contributed by atoms with Crippen molar-refractivity contribution in [2.45, 2.75) is 38.7 Å². The molecule has 142 valence electrons. The number of fused-ring (bicyclic) bond motifs is 2. The second kappa shape index (κ2) is 7.11. The van der Waals surface area contributed by atoms with E-state index in [4.69, 9.17) is 9.72 Å². The molecule has 4 aromatic rings. The third-order valence-electron chi connectivity index (χ3n) is 5.51. The molecule has 1 saturated carbocycles. The Hall–Kier alpha value is -3.15. The van der Waals surface area contributed by atoms with E-state index in [-0.39, 0.29) is 6.10 Å². The van der Waals surface area contributed by atoms with Crippen LogP contribution in [-0.2, 0) is 0 Å². The average Bonchev–Trinajstić information content (AvgIpc) is 3.18. The maximum absolute atomic E-state index is 6.34. The molecule has 0 bridgehead atoms. The van der Waals surface area contributed by atoms with E-state index in [1.54, 1.807) is 6.33 Å². The van der Waals surface area contributed by atoms with Gasteiger partial charge in [-0.15, -0.1) is 0 Å². The summed E-state index contributed by atoms with van der Waals surface area (Å²) in [6.45, 7) is 2.32. The Balaban J connectivity index is 1.42. The number of benzene rings is 2. The van der Waals surface area contributed by atoms with Gasteiger partial charge in [0.15, 0.2) is 0 Å². The van der Waals surface area contributed by atoms with Gasteiger partial charge in [-0.25, -0.2) is 15.0 Å². The van der Waals surface area contributed by atoms with Crippen LogP contribution in [0.2, 0.25) is 0 Å². The Morgan fingerprint density at radius 2 is 1.96 bits per heavy atom. The number of ether oxygens (including phenoxy) is 1. The molecule has 6 nitrogen and oxygen atoms in total. The summed E-state index contributed by atoms with van der Waals surface area (Å²) >= 11 is 0. The second-order valence-electron chi connectivity index (χ2n) is 7.65. The summed E-state index contributed by atoms with van der Waals surface area (Å²) in [4.78, 5) is 16.6. The van der Waals surface area contributed by atoms with Crippen LogP contribution in [0.5, 0.6) is 5.75 Å². The maximum atomic E-state index is 6.34. The zero-order valence-corrected chi connectivity index (χ0v) is 15.9. The van der Waals surface area contributed by atoms with Crippen LogP contribution in [0.15, 0.2) is 48.9 Å². The summed E-state index contributed by atoms with van der Waals surface area (Å²) < 4.78 is 6.34. The molecule has 0 amide bonds. The van der Waals surface area contributed by atoms with Crippen LogP contribution in [0.1, 0.15) is 32.6 Å². The van der Waals surface area contributed by atoms with Crippen LogP contribution in [0, 0.1) is 5.92 Å². The molecule has 0 spiro atoms. The zero-order valence-electron chi connectivity index (χ0n) is 15.9. The van der Waals surface area contributed by atoms with E-state index < -0.39 is 0 Å². The molecule has 2 N–H and O–H groups in total. The molecule has 0 saturated heterocycles. The van der Waals surface area contributed by atoms with Crippen LogP contribution in [0.25, 0.3) is 21.9 Å². The van der Waals surface area contributed by atoms with E-state index in [9.17, 15) is 0 Å². The van der Waals surface area contributed by atoms with Gasteiger partial charge in [0.1, 0.15) is 11.3 Å². The number of H-pyrrole nitrogens is 1. The van der Waals surface area contributed by atoms with Crippen LogP contribution in [0.4, 0.5) is 11.6 Å². The van der Waals surface area contributed by atoms with Crippen molar-refractivity contribution in [3.63, 3.8) is 0 Å². The summed E-state index contributed by atoms with van der Waals surface area (Å²) in [5.41, 5.74) is 3.67. The molecule has 2 aromatic heterocycles. The number of rotatable bonds is 4. The van der Waals surface area contributed by atoms with E-state index >= 15 is 0 Å². The van der Waals surface area contributed by atoms with E-state index in [0.29, 0.717) is 5.95 Å². The van der Waals surface area contributed by atoms with Gasteiger partial charge in [0.25, 0.3) is 0 Å². The van der Waals surface area contributed by atoms with Crippen molar-refractivity contribution in [2.24, 2.45) is 5.92 Å². The molecular weight excluding hydrogens is 350 g/mol. The molecule has 5 rings (SSSR count). The SMILES string of the molecule is CC1CCC(Oc2cccc3cnc(Nc4ccc5nc[nH]c5c4)nc23)CC1. The molecule has 0 aliphatic heterocycles. The van der Waals surface area contributed by atoms with Gasteiger partial charge >= 0.3 is 0 Å². The summed E-state index contributed by atoms with van der Waals surface area (Å²) in [5.74, 6) is 2.20. The van der Waals surface area contributed by atoms with Crippen molar-refractivity contribution in [1.82, 2.24) is 19.9 Å². The third kappa shape index (κ3) is 3.38. The van der Waals surface area contributed by atoms with E-state index in [1.165, 1.54) is 12.8 Å². The third-order valence-corrected chi connectivity index (χ3v) is 5.51. The highest BCUT2D eigenvalue weighted by atomic mass is 16.5. The Kier molecular flexibility index (Phi) is 4.31. The minimum absolute atomic E-state index is 0.274. The highest BCUT2D eigenvalue weighted by Crippen LogP contribution is 2.31. The number of imidazole rings is 1. The second-order valence-corrected chi connectivity index (χ2v) is 7.65. The van der Waals surface area contributed by atoms with Crippen molar-refractivity contribution in [3.05, 3.63) is 48.9 Å². The maximum Gasteiger partial charge on any atom is 0.227 e. The molecule has 2 aromatic carbocycles. The number of hydrogen-bond donors (Lipinski definition) is 2. The first-order valence-corrected chi connectivity index (χ1v) is 9.87. The number of nitrogens with one attached hydrogen (secondary N) is 2. The minimum atomic E-state index is 0.274. The van der Waals surface area contributed by atoms with Gasteiger partial charge in [0.2, 0.25) is 5.95 Å². The monoisotopic (exact) mass is 373 g/mol. The van der Waals surface area contributed by atoms with E-state index in [0.717, 1.165) is 52.1 Å². The molecule has 2 heterocycles. The first kappa shape index (κ1) is 17.0. The summed E-state index contributed by atoms with van der Waals surface area (Å²) in [6, 6.07) is 12.0. The van der Waals surface area contributed by atoms with Crippen molar-refractivity contribution >= 4 is 33.6 Å². The van der Waals surface area contributed by atoms with Crippen LogP contribution < -0.4 is 10.1 Å². The average molecular weight is 373 g/mol. The van der Waals surface area contributed by atoms with Crippen molar-refractivity contribution in [1.29, 1.82) is 0 Å². The van der Waals surface area contributed by atoms with Gasteiger partial charge in [-0.1, -0.05) is 19.1 Å². The number of hydrogen-bond acceptors (Lipinski definition) is 5. The van der Waals surface area contributed by atoms with E-state index in [1.807, 2.05) is 42.6 Å². The first-order valence-electron chi connectivity index (χ1n) is 9.87. The molecule has 1 fully saturated rings. The predicted octanol–water partition coefficient (Wildman–Crippen LogP) is 5.21. The molecule has 1 aliphatic carbocycles. The van der Waals surface area contributed by atoms with Gasteiger partial charge in [0, 0.05) is 17.3 Å². The van der Waals surface area contributed by atoms with E-state index in [2.05, 4.69) is 27.2 Å². The fraction of sp³-hybridized carbons (Fsp3) is 0.318. The van der Waals surface area contributed by atoms with Gasteiger partial charge in [-0.05, 0) is 55.9 Å². The largest absolute Gasteiger partial charge is 0.488 e. The molecule has 1 aliphatic rings. The number of anilines is 2. The summed E-state index contributed by atoms with van der Waals surface area (Å²) in [6.07, 6.45) is 8.48. The lowest BCUT2D eigenvalue weighted by atomic mass is 9.89. The van der Waals surface area contributed by atoms with Crippen LogP contribution in [-0.4, -0.2) is 26.0 Å². The number of nitrogens with zero attached hydrogens (tertiary/aromatic N) is 3. The zero-order chi connectivity index (χ0) is 18.9. The topological polar surface area (TPSA) is 75.7 Å². The molecule has 6 heteroatoms. The van der Waals surface area contributed by atoms with Crippen molar-refractivity contribution in [2.75, 3.05) is 5.32 Å². The van der Waals surface area contributed by atoms with Gasteiger partial charge in [0.05, 0.1) is 23.5 Å². The molecule has 0 radical (unpaired) electrons. The number of para-hydroxylation sites is 1. The smallest absolute Gasteiger partial charge is 0.227 e. The van der Waals surface area contributed by atoms with Crippen LogP contribution >= 0.6 is 0 Å². The van der Waals surface area contributed by atoms with Gasteiger partial charge < -0.3 is 15.0 Å².